The summed E-state index contributed by atoms with van der Waals surface area (Å²) in [5.41, 5.74) is 1.47. The Kier molecular flexibility index (Phi) is 10.3. The number of rotatable bonds is 6. The van der Waals surface area contributed by atoms with Crippen LogP contribution in [-0.2, 0) is 0 Å². The number of hydrogen-bond acceptors (Lipinski definition) is 3. The summed E-state index contributed by atoms with van der Waals surface area (Å²) < 4.78 is 0. The van der Waals surface area contributed by atoms with E-state index < -0.39 is 0 Å². The molecule has 0 aromatic heterocycles. The van der Waals surface area contributed by atoms with Crippen LogP contribution in [0.2, 0.25) is 0 Å². The molecule has 1 saturated heterocycles. The second kappa shape index (κ2) is 11.6. The topological polar surface area (TPSA) is 51.7 Å². The van der Waals surface area contributed by atoms with Crippen LogP contribution in [0, 0.1) is 0 Å². The number of piperidine rings is 1. The van der Waals surface area contributed by atoms with E-state index in [0.717, 1.165) is 51.5 Å². The highest BCUT2D eigenvalue weighted by atomic mass is 127. The van der Waals surface area contributed by atoms with Crippen LogP contribution in [0.1, 0.15) is 40.5 Å². The lowest BCUT2D eigenvalue weighted by molar-refractivity contribution is 0.431. The van der Waals surface area contributed by atoms with Crippen molar-refractivity contribution in [2.24, 2.45) is 4.99 Å². The highest BCUT2D eigenvalue weighted by Crippen LogP contribution is 2.19. The van der Waals surface area contributed by atoms with Crippen molar-refractivity contribution in [1.82, 2.24) is 16.0 Å². The van der Waals surface area contributed by atoms with Gasteiger partial charge in [0.25, 0.3) is 0 Å². The number of hydrogen-bond donors (Lipinski definition) is 3. The molecule has 0 spiro atoms. The first-order valence-electron chi connectivity index (χ1n) is 9.58. The van der Waals surface area contributed by atoms with Crippen LogP contribution in [0.3, 0.4) is 0 Å². The first kappa shape index (κ1) is 23.0. The number of guanidine groups is 1. The summed E-state index contributed by atoms with van der Waals surface area (Å²) in [4.78, 5) is 7.17. The first-order chi connectivity index (χ1) is 12.0. The van der Waals surface area contributed by atoms with E-state index in [1.54, 1.807) is 0 Å². The van der Waals surface area contributed by atoms with Gasteiger partial charge in [0.1, 0.15) is 0 Å². The van der Waals surface area contributed by atoms with E-state index in [9.17, 15) is 0 Å². The molecule has 148 valence electrons. The van der Waals surface area contributed by atoms with Crippen molar-refractivity contribution in [1.29, 1.82) is 0 Å². The minimum atomic E-state index is 0. The third kappa shape index (κ3) is 8.58. The largest absolute Gasteiger partial charge is 0.371 e. The number of nitrogens with one attached hydrogen (secondary N) is 3. The van der Waals surface area contributed by atoms with Crippen LogP contribution in [0.4, 0.5) is 5.69 Å². The molecule has 0 saturated carbocycles. The Morgan fingerprint density at radius 3 is 2.38 bits per heavy atom. The predicted molar refractivity (Wildman–Crippen MR) is 124 cm³/mol. The van der Waals surface area contributed by atoms with Crippen LogP contribution in [0.25, 0.3) is 0 Å². The standard InChI is InChI=1S/C20H35N5.HI/c1-5-21-19(22-13-14-23-20(2,3)4)24-17-11-15-25(16-12-17)18-9-7-6-8-10-18;/h6-10,17,23H,5,11-16H2,1-4H3,(H2,21,22,24);1H. The second-order valence-electron chi connectivity index (χ2n) is 7.68. The van der Waals surface area contributed by atoms with E-state index in [4.69, 9.17) is 4.99 Å². The number of halogens is 1. The van der Waals surface area contributed by atoms with Gasteiger partial charge in [0, 0.05) is 43.4 Å². The average Bonchev–Trinajstić information content (AvgIpc) is 2.59. The smallest absolute Gasteiger partial charge is 0.191 e. The monoisotopic (exact) mass is 473 g/mol. The van der Waals surface area contributed by atoms with Crippen molar-refractivity contribution in [3.8, 4) is 0 Å². The van der Waals surface area contributed by atoms with Gasteiger partial charge in [0.15, 0.2) is 5.96 Å². The number of para-hydroxylation sites is 1. The zero-order valence-corrected chi connectivity index (χ0v) is 19.0. The fraction of sp³-hybridized carbons (Fsp3) is 0.650. The van der Waals surface area contributed by atoms with E-state index >= 15 is 0 Å². The Morgan fingerprint density at radius 2 is 1.81 bits per heavy atom. The highest BCUT2D eigenvalue weighted by molar-refractivity contribution is 14.0. The molecule has 0 radical (unpaired) electrons. The van der Waals surface area contributed by atoms with Gasteiger partial charge in [-0.15, -0.1) is 24.0 Å². The van der Waals surface area contributed by atoms with E-state index in [1.807, 2.05) is 0 Å². The summed E-state index contributed by atoms with van der Waals surface area (Å²) in [6.45, 7) is 13.4. The van der Waals surface area contributed by atoms with Crippen LogP contribution in [0.15, 0.2) is 35.3 Å². The Bertz CT molecular complexity index is 519. The lowest BCUT2D eigenvalue weighted by Crippen LogP contribution is -2.49. The third-order valence-corrected chi connectivity index (χ3v) is 4.34. The lowest BCUT2D eigenvalue weighted by atomic mass is 10.0. The molecule has 0 aliphatic carbocycles. The second-order valence-corrected chi connectivity index (χ2v) is 7.68. The molecule has 2 rings (SSSR count). The maximum Gasteiger partial charge on any atom is 0.191 e. The van der Waals surface area contributed by atoms with Gasteiger partial charge in [-0.3, -0.25) is 4.99 Å². The zero-order valence-electron chi connectivity index (χ0n) is 16.7. The van der Waals surface area contributed by atoms with Crippen molar-refractivity contribution >= 4 is 35.6 Å². The Labute approximate surface area is 176 Å². The molecule has 1 aliphatic rings. The summed E-state index contributed by atoms with van der Waals surface area (Å²) in [5.74, 6) is 0.941. The Morgan fingerprint density at radius 1 is 1.15 bits per heavy atom. The van der Waals surface area contributed by atoms with Crippen LogP contribution >= 0.6 is 24.0 Å². The molecule has 1 aromatic rings. The third-order valence-electron chi connectivity index (χ3n) is 4.34. The van der Waals surface area contributed by atoms with Crippen molar-refractivity contribution in [3.63, 3.8) is 0 Å². The van der Waals surface area contributed by atoms with Crippen molar-refractivity contribution in [3.05, 3.63) is 30.3 Å². The summed E-state index contributed by atoms with van der Waals surface area (Å²) in [5, 5.41) is 10.5. The van der Waals surface area contributed by atoms with Gasteiger partial charge < -0.3 is 20.9 Å². The van der Waals surface area contributed by atoms with Gasteiger partial charge in [-0.2, -0.15) is 0 Å². The Hall–Kier alpha value is -1.02. The molecule has 5 nitrogen and oxygen atoms in total. The van der Waals surface area contributed by atoms with Crippen LogP contribution < -0.4 is 20.9 Å². The van der Waals surface area contributed by atoms with Crippen molar-refractivity contribution < 1.29 is 0 Å². The summed E-state index contributed by atoms with van der Waals surface area (Å²) in [7, 11) is 0. The first-order valence-corrected chi connectivity index (χ1v) is 9.58. The predicted octanol–water partition coefficient (Wildman–Crippen LogP) is 3.22. The van der Waals surface area contributed by atoms with Crippen molar-refractivity contribution in [2.75, 3.05) is 37.6 Å². The fourth-order valence-corrected chi connectivity index (χ4v) is 3.03. The molecule has 26 heavy (non-hydrogen) atoms. The molecule has 0 atom stereocenters. The van der Waals surface area contributed by atoms with Gasteiger partial charge in [-0.1, -0.05) is 18.2 Å². The normalized spacial score (nSPS) is 16.2. The molecule has 0 bridgehead atoms. The Balaban J connectivity index is 0.00000338. The molecule has 1 aliphatic heterocycles. The van der Waals surface area contributed by atoms with Crippen molar-refractivity contribution in [2.45, 2.75) is 52.1 Å². The average molecular weight is 473 g/mol. The maximum absolute atomic E-state index is 4.71. The molecule has 1 fully saturated rings. The SMILES string of the molecule is CCNC(=NCCNC(C)(C)C)NC1CCN(c2ccccc2)CC1.I. The lowest BCUT2D eigenvalue weighted by Gasteiger charge is -2.34. The molecule has 0 amide bonds. The van der Waals surface area contributed by atoms with Gasteiger partial charge in [-0.05, 0) is 52.7 Å². The minimum Gasteiger partial charge on any atom is -0.371 e. The van der Waals surface area contributed by atoms with Crippen LogP contribution in [0.5, 0.6) is 0 Å². The number of nitrogens with zero attached hydrogens (tertiary/aromatic N) is 2. The van der Waals surface area contributed by atoms with E-state index in [2.05, 4.69) is 78.9 Å². The number of aliphatic imine (C=N–C) groups is 1. The van der Waals surface area contributed by atoms with E-state index in [1.165, 1.54) is 5.69 Å². The molecular formula is C20H36IN5. The van der Waals surface area contributed by atoms with Gasteiger partial charge in [0.2, 0.25) is 0 Å². The van der Waals surface area contributed by atoms with E-state index in [0.29, 0.717) is 6.04 Å². The molecule has 1 aromatic carbocycles. The molecule has 0 unspecified atom stereocenters. The minimum absolute atomic E-state index is 0. The molecule has 1 heterocycles. The number of benzene rings is 1. The highest BCUT2D eigenvalue weighted by Gasteiger charge is 2.20. The van der Waals surface area contributed by atoms with Gasteiger partial charge in [-0.25, -0.2) is 0 Å². The summed E-state index contributed by atoms with van der Waals surface area (Å²) in [6.07, 6.45) is 2.28. The van der Waals surface area contributed by atoms with Gasteiger partial charge in [0.05, 0.1) is 6.54 Å². The quantitative estimate of drug-likeness (QED) is 0.257. The molecule has 6 heteroatoms. The number of anilines is 1. The van der Waals surface area contributed by atoms with E-state index in [-0.39, 0.29) is 29.5 Å². The maximum atomic E-state index is 4.71. The summed E-state index contributed by atoms with van der Waals surface area (Å²) in [6, 6.07) is 11.2. The molecular weight excluding hydrogens is 437 g/mol. The van der Waals surface area contributed by atoms with Gasteiger partial charge >= 0.3 is 0 Å². The summed E-state index contributed by atoms with van der Waals surface area (Å²) >= 11 is 0. The molecule has 3 N–H and O–H groups in total. The fourth-order valence-electron chi connectivity index (χ4n) is 3.03. The zero-order chi connectivity index (χ0) is 18.1. The van der Waals surface area contributed by atoms with Crippen LogP contribution in [-0.4, -0.2) is 50.3 Å².